The van der Waals surface area contributed by atoms with Crippen LogP contribution in [0.1, 0.15) is 32.3 Å². The molecule has 9 heteroatoms. The first-order chi connectivity index (χ1) is 17.0. The molecule has 2 N–H and O–H groups in total. The summed E-state index contributed by atoms with van der Waals surface area (Å²) in [4.78, 5) is 20.5. The second-order valence-electron chi connectivity index (χ2n) is 7.78. The molecule has 1 aromatic heterocycles. The normalized spacial score (nSPS) is 12.6. The Labute approximate surface area is 208 Å². The molecular formula is C26H24ClN5O3. The lowest BCUT2D eigenvalue weighted by Gasteiger charge is -2.16. The molecule has 0 saturated heterocycles. The summed E-state index contributed by atoms with van der Waals surface area (Å²) in [7, 11) is 0. The second kappa shape index (κ2) is 10.9. The van der Waals surface area contributed by atoms with Crippen molar-refractivity contribution in [2.24, 2.45) is 4.99 Å². The van der Waals surface area contributed by atoms with Gasteiger partial charge in [0.25, 0.3) is 0 Å². The zero-order valence-corrected chi connectivity index (χ0v) is 20.1. The number of anilines is 3. The zero-order chi connectivity index (χ0) is 24.8. The predicted molar refractivity (Wildman–Crippen MR) is 138 cm³/mol. The number of rotatable bonds is 8. The number of benzene rings is 2. The van der Waals surface area contributed by atoms with Crippen molar-refractivity contribution in [1.29, 1.82) is 5.26 Å². The van der Waals surface area contributed by atoms with E-state index in [1.165, 1.54) is 13.1 Å². The Morgan fingerprint density at radius 3 is 2.74 bits per heavy atom. The molecule has 1 aliphatic heterocycles. The summed E-state index contributed by atoms with van der Waals surface area (Å²) in [6.45, 7) is 4.05. The molecule has 2 aromatic carbocycles. The van der Waals surface area contributed by atoms with Crippen LogP contribution in [0.4, 0.5) is 17.1 Å². The fourth-order valence-electron chi connectivity index (χ4n) is 3.65. The number of fused-ring (bicyclic) bond motifs is 1. The molecule has 1 aliphatic rings. The summed E-state index contributed by atoms with van der Waals surface area (Å²) in [5.41, 5.74) is 3.52. The monoisotopic (exact) mass is 489 g/mol. The van der Waals surface area contributed by atoms with Gasteiger partial charge in [0.15, 0.2) is 0 Å². The van der Waals surface area contributed by atoms with Crippen LogP contribution in [0.15, 0.2) is 53.3 Å². The minimum atomic E-state index is -0.235. The van der Waals surface area contributed by atoms with E-state index in [0.29, 0.717) is 63.3 Å². The van der Waals surface area contributed by atoms with Gasteiger partial charge in [0, 0.05) is 36.5 Å². The molecule has 0 aliphatic carbocycles. The molecule has 4 rings (SSSR count). The van der Waals surface area contributed by atoms with Gasteiger partial charge in [0.05, 0.1) is 39.8 Å². The summed E-state index contributed by atoms with van der Waals surface area (Å²) in [6, 6.07) is 11.0. The van der Waals surface area contributed by atoms with Gasteiger partial charge in [-0.25, -0.2) is 0 Å². The molecule has 3 aromatic rings. The van der Waals surface area contributed by atoms with Crippen LogP contribution >= 0.6 is 11.6 Å². The van der Waals surface area contributed by atoms with Crippen LogP contribution in [-0.2, 0) is 4.79 Å². The van der Waals surface area contributed by atoms with E-state index in [4.69, 9.17) is 21.1 Å². The van der Waals surface area contributed by atoms with Crippen molar-refractivity contribution in [3.8, 4) is 17.6 Å². The van der Waals surface area contributed by atoms with Gasteiger partial charge in [0.1, 0.15) is 24.2 Å². The summed E-state index contributed by atoms with van der Waals surface area (Å²) >= 11 is 6.48. The molecule has 0 fully saturated rings. The number of ether oxygens (including phenoxy) is 2. The highest BCUT2D eigenvalue weighted by Crippen LogP contribution is 2.37. The number of pyridine rings is 1. The Morgan fingerprint density at radius 2 is 2.06 bits per heavy atom. The second-order valence-corrected chi connectivity index (χ2v) is 8.19. The van der Waals surface area contributed by atoms with Crippen LogP contribution < -0.4 is 20.1 Å². The van der Waals surface area contributed by atoms with Gasteiger partial charge in [0.2, 0.25) is 5.91 Å². The highest BCUT2D eigenvalue weighted by molar-refractivity contribution is 6.32. The van der Waals surface area contributed by atoms with Crippen LogP contribution in [0.2, 0.25) is 5.02 Å². The van der Waals surface area contributed by atoms with Crippen molar-refractivity contribution in [3.63, 3.8) is 0 Å². The van der Waals surface area contributed by atoms with Crippen LogP contribution in [0, 0.1) is 11.3 Å². The molecule has 8 nitrogen and oxygen atoms in total. The lowest BCUT2D eigenvalue weighted by Crippen LogP contribution is -2.08. The maximum Gasteiger partial charge on any atom is 0.221 e. The average molecular weight is 490 g/mol. The first kappa shape index (κ1) is 24.0. The van der Waals surface area contributed by atoms with E-state index in [1.807, 2.05) is 25.3 Å². The summed E-state index contributed by atoms with van der Waals surface area (Å²) < 4.78 is 11.5. The Hall–Kier alpha value is -4.09. The molecule has 1 amide bonds. The number of nitriles is 1. The number of hydrogen-bond acceptors (Lipinski definition) is 7. The van der Waals surface area contributed by atoms with Crippen molar-refractivity contribution >= 4 is 51.7 Å². The molecule has 2 heterocycles. The number of aliphatic imine (C=N–C) groups is 1. The van der Waals surface area contributed by atoms with E-state index >= 15 is 0 Å². The average Bonchev–Trinajstić information content (AvgIpc) is 2.85. The standard InChI is InChI=1S/C26H24ClN5O3/c1-3-34-25-12-22-20(11-23(25)31-16(2)33)26(17(13-28)14-30-22)32-18-7-8-24(21(27)10-18)35-15-19-6-4-5-9-29-19/h6-12,14H,3-5,15H2,1-2H3,(H,30,32)(H,31,33). The minimum Gasteiger partial charge on any atom is -0.492 e. The summed E-state index contributed by atoms with van der Waals surface area (Å²) in [6.07, 6.45) is 7.33. The quantitative estimate of drug-likeness (QED) is 0.402. The number of nitrogens with one attached hydrogen (secondary N) is 2. The number of amides is 1. The number of nitrogens with zero attached hydrogens (tertiary/aromatic N) is 3. The van der Waals surface area contributed by atoms with E-state index in [-0.39, 0.29) is 5.91 Å². The SMILES string of the molecule is CCOc1cc2ncc(C#N)c(Nc3ccc(OCC4=CCCC=N4)c(Cl)c3)c2cc1NC(C)=O. The third-order valence-corrected chi connectivity index (χ3v) is 5.51. The number of carbonyl (C=O) groups is 1. The molecular weight excluding hydrogens is 466 g/mol. The third-order valence-electron chi connectivity index (χ3n) is 5.21. The number of hydrogen-bond donors (Lipinski definition) is 2. The van der Waals surface area contributed by atoms with Crippen LogP contribution in [0.3, 0.4) is 0 Å². The summed E-state index contributed by atoms with van der Waals surface area (Å²) in [5.74, 6) is 0.801. The van der Waals surface area contributed by atoms with Gasteiger partial charge in [-0.15, -0.1) is 0 Å². The number of aromatic nitrogens is 1. The number of halogens is 1. The number of allylic oxidation sites excluding steroid dienone is 1. The van der Waals surface area contributed by atoms with Gasteiger partial charge in [-0.1, -0.05) is 17.7 Å². The van der Waals surface area contributed by atoms with Gasteiger partial charge in [-0.05, 0) is 44.0 Å². The highest BCUT2D eigenvalue weighted by Gasteiger charge is 2.15. The number of carbonyl (C=O) groups excluding carboxylic acids is 1. The fourth-order valence-corrected chi connectivity index (χ4v) is 3.88. The van der Waals surface area contributed by atoms with Crippen LogP contribution in [-0.4, -0.2) is 30.3 Å². The van der Waals surface area contributed by atoms with E-state index in [9.17, 15) is 10.1 Å². The largest absolute Gasteiger partial charge is 0.492 e. The maximum absolute atomic E-state index is 11.7. The van der Waals surface area contributed by atoms with Gasteiger partial charge >= 0.3 is 0 Å². The molecule has 0 bridgehead atoms. The smallest absolute Gasteiger partial charge is 0.221 e. The zero-order valence-electron chi connectivity index (χ0n) is 19.4. The third kappa shape index (κ3) is 5.70. The van der Waals surface area contributed by atoms with Crippen molar-refractivity contribution in [2.45, 2.75) is 26.7 Å². The topological polar surface area (TPSA) is 109 Å². The highest BCUT2D eigenvalue weighted by atomic mass is 35.5. The lowest BCUT2D eigenvalue weighted by atomic mass is 10.1. The first-order valence-corrected chi connectivity index (χ1v) is 11.5. The first-order valence-electron chi connectivity index (χ1n) is 11.2. The van der Waals surface area contributed by atoms with E-state index in [2.05, 4.69) is 26.7 Å². The van der Waals surface area contributed by atoms with Crippen molar-refractivity contribution in [3.05, 3.63) is 58.9 Å². The molecule has 35 heavy (non-hydrogen) atoms. The Morgan fingerprint density at radius 1 is 1.20 bits per heavy atom. The maximum atomic E-state index is 11.7. The fraction of sp³-hybridized carbons (Fsp3) is 0.231. The Kier molecular flexibility index (Phi) is 7.48. The molecule has 178 valence electrons. The molecule has 0 atom stereocenters. The van der Waals surface area contributed by atoms with E-state index in [1.54, 1.807) is 24.3 Å². The van der Waals surface area contributed by atoms with E-state index < -0.39 is 0 Å². The van der Waals surface area contributed by atoms with Gasteiger partial charge in [-0.3, -0.25) is 14.8 Å². The molecule has 0 unspecified atom stereocenters. The van der Waals surface area contributed by atoms with Crippen molar-refractivity contribution < 1.29 is 14.3 Å². The molecule has 0 spiro atoms. The Balaban J connectivity index is 1.66. The van der Waals surface area contributed by atoms with Gasteiger partial charge in [-0.2, -0.15) is 5.26 Å². The summed E-state index contributed by atoms with van der Waals surface area (Å²) in [5, 5.41) is 16.8. The lowest BCUT2D eigenvalue weighted by molar-refractivity contribution is -0.114. The van der Waals surface area contributed by atoms with E-state index in [0.717, 1.165) is 18.5 Å². The predicted octanol–water partition coefficient (Wildman–Crippen LogP) is 5.99. The Bertz CT molecular complexity index is 1380. The molecule has 0 saturated carbocycles. The van der Waals surface area contributed by atoms with Gasteiger partial charge < -0.3 is 20.1 Å². The van der Waals surface area contributed by atoms with Crippen LogP contribution in [0.5, 0.6) is 11.5 Å². The molecule has 0 radical (unpaired) electrons. The van der Waals surface area contributed by atoms with Crippen molar-refractivity contribution in [1.82, 2.24) is 4.98 Å². The van der Waals surface area contributed by atoms with Crippen LogP contribution in [0.25, 0.3) is 10.9 Å². The van der Waals surface area contributed by atoms with Crippen molar-refractivity contribution in [2.75, 3.05) is 23.8 Å². The minimum absolute atomic E-state index is 0.235.